The van der Waals surface area contributed by atoms with Gasteiger partial charge in [0.05, 0.1) is 17.7 Å². The van der Waals surface area contributed by atoms with E-state index < -0.39 is 5.97 Å². The summed E-state index contributed by atoms with van der Waals surface area (Å²) in [5, 5.41) is 11.7. The highest BCUT2D eigenvalue weighted by molar-refractivity contribution is 6.32. The van der Waals surface area contributed by atoms with Gasteiger partial charge in [0, 0.05) is 6.04 Å². The molecule has 0 saturated heterocycles. The van der Waals surface area contributed by atoms with E-state index in [9.17, 15) is 9.59 Å². The molecule has 1 amide bonds. The lowest BCUT2D eigenvalue weighted by atomic mass is 10.1. The summed E-state index contributed by atoms with van der Waals surface area (Å²) in [5.41, 5.74) is 0.283. The second-order valence-corrected chi connectivity index (χ2v) is 4.47. The normalized spacial score (nSPS) is 23.6. The molecule has 0 bridgehead atoms. The lowest BCUT2D eigenvalue weighted by molar-refractivity contribution is -0.141. The van der Waals surface area contributed by atoms with Gasteiger partial charge in [-0.05, 0) is 36.9 Å². The van der Waals surface area contributed by atoms with E-state index in [0.717, 1.165) is 0 Å². The monoisotopic (exact) mass is 257 g/mol. The number of amides is 1. The van der Waals surface area contributed by atoms with Gasteiger partial charge in [-0.1, -0.05) is 0 Å². The fourth-order valence-electron chi connectivity index (χ4n) is 2.06. The summed E-state index contributed by atoms with van der Waals surface area (Å²) in [6.45, 7) is 0. The van der Waals surface area contributed by atoms with E-state index in [-0.39, 0.29) is 28.6 Å². The highest BCUT2D eigenvalue weighted by Crippen LogP contribution is 2.26. The van der Waals surface area contributed by atoms with Crippen LogP contribution in [0.4, 0.5) is 0 Å². The molecule has 1 aliphatic rings. The molecule has 1 aromatic heterocycles. The fraction of sp³-hybridized carbons (Fsp3) is 0.455. The maximum atomic E-state index is 11.8. The molecule has 2 atom stereocenters. The molecule has 0 radical (unpaired) electrons. The Labute approximate surface area is 103 Å². The van der Waals surface area contributed by atoms with Crippen LogP contribution >= 0.6 is 11.6 Å². The minimum Gasteiger partial charge on any atom is -0.481 e. The van der Waals surface area contributed by atoms with Crippen LogP contribution in [0.5, 0.6) is 0 Å². The topological polar surface area (TPSA) is 79.5 Å². The number of hydrogen-bond acceptors (Lipinski definition) is 3. The van der Waals surface area contributed by atoms with E-state index in [2.05, 4.69) is 5.32 Å². The van der Waals surface area contributed by atoms with E-state index in [0.29, 0.717) is 19.3 Å². The van der Waals surface area contributed by atoms with Crippen LogP contribution in [-0.2, 0) is 4.79 Å². The average Bonchev–Trinajstić information content (AvgIpc) is 2.86. The maximum absolute atomic E-state index is 11.8. The zero-order chi connectivity index (χ0) is 12.4. The minimum atomic E-state index is -0.803. The predicted octanol–water partition coefficient (Wildman–Crippen LogP) is 1.92. The first-order chi connectivity index (χ1) is 8.08. The number of carbonyl (C=O) groups excluding carboxylic acids is 1. The van der Waals surface area contributed by atoms with Crippen molar-refractivity contribution in [3.63, 3.8) is 0 Å². The summed E-state index contributed by atoms with van der Waals surface area (Å²) >= 11 is 5.68. The second-order valence-electron chi connectivity index (χ2n) is 4.13. The van der Waals surface area contributed by atoms with Crippen molar-refractivity contribution in [1.29, 1.82) is 0 Å². The number of nitrogens with one attached hydrogen (secondary N) is 1. The Morgan fingerprint density at radius 2 is 2.24 bits per heavy atom. The summed E-state index contributed by atoms with van der Waals surface area (Å²) in [4.78, 5) is 22.5. The standard InChI is InChI=1S/C11H12ClNO4/c12-9-8(3-4-17-9)10(14)13-7-2-1-6(5-7)11(15)16/h3-4,6-7H,1-2,5H2,(H,13,14)(H,15,16)/t6-,7+/m1/s1. The van der Waals surface area contributed by atoms with Crippen LogP contribution in [0, 0.1) is 5.92 Å². The number of hydrogen-bond donors (Lipinski definition) is 2. The average molecular weight is 258 g/mol. The SMILES string of the molecule is O=C(N[C@H]1CC[C@@H](C(=O)O)C1)c1ccoc1Cl. The van der Waals surface area contributed by atoms with E-state index >= 15 is 0 Å². The third kappa shape index (κ3) is 2.61. The summed E-state index contributed by atoms with van der Waals surface area (Å²) < 4.78 is 4.82. The second kappa shape index (κ2) is 4.79. The third-order valence-corrected chi connectivity index (χ3v) is 3.27. The van der Waals surface area contributed by atoms with Crippen LogP contribution in [0.1, 0.15) is 29.6 Å². The van der Waals surface area contributed by atoms with E-state index in [1.54, 1.807) is 0 Å². The number of carboxylic acids is 1. The molecule has 0 aromatic carbocycles. The summed E-state index contributed by atoms with van der Waals surface area (Å²) in [6, 6.07) is 1.39. The van der Waals surface area contributed by atoms with Crippen LogP contribution in [0.2, 0.25) is 5.22 Å². The number of carboxylic acid groups (broad SMARTS) is 1. The Balaban J connectivity index is 1.93. The lowest BCUT2D eigenvalue weighted by Crippen LogP contribution is -2.33. The van der Waals surface area contributed by atoms with Gasteiger partial charge in [0.2, 0.25) is 5.22 Å². The number of aliphatic carboxylic acids is 1. The Kier molecular flexibility index (Phi) is 3.38. The predicted molar refractivity (Wildman–Crippen MR) is 59.9 cm³/mol. The van der Waals surface area contributed by atoms with Crippen molar-refractivity contribution in [3.8, 4) is 0 Å². The summed E-state index contributed by atoms with van der Waals surface area (Å²) in [7, 11) is 0. The first-order valence-electron chi connectivity index (χ1n) is 5.34. The molecule has 6 heteroatoms. The quantitative estimate of drug-likeness (QED) is 0.867. The molecule has 1 aromatic rings. The zero-order valence-corrected chi connectivity index (χ0v) is 9.74. The molecular formula is C11H12ClNO4. The Morgan fingerprint density at radius 1 is 1.47 bits per heavy atom. The van der Waals surface area contributed by atoms with Crippen molar-refractivity contribution in [1.82, 2.24) is 5.32 Å². The maximum Gasteiger partial charge on any atom is 0.306 e. The minimum absolute atomic E-state index is 0.0512. The molecule has 1 saturated carbocycles. The van der Waals surface area contributed by atoms with Gasteiger partial charge >= 0.3 is 5.97 Å². The van der Waals surface area contributed by atoms with Gasteiger partial charge in [-0.15, -0.1) is 0 Å². The molecule has 1 fully saturated rings. The molecule has 0 aliphatic heterocycles. The van der Waals surface area contributed by atoms with Gasteiger partial charge in [0.15, 0.2) is 0 Å². The first-order valence-corrected chi connectivity index (χ1v) is 5.72. The van der Waals surface area contributed by atoms with Gasteiger partial charge in [-0.25, -0.2) is 0 Å². The van der Waals surface area contributed by atoms with Gasteiger partial charge in [-0.3, -0.25) is 9.59 Å². The van der Waals surface area contributed by atoms with Crippen LogP contribution in [0.25, 0.3) is 0 Å². The van der Waals surface area contributed by atoms with Crippen LogP contribution < -0.4 is 5.32 Å². The summed E-state index contributed by atoms with van der Waals surface area (Å²) in [5.74, 6) is -1.48. The van der Waals surface area contributed by atoms with Crippen LogP contribution in [-0.4, -0.2) is 23.0 Å². The first kappa shape index (κ1) is 12.0. The Morgan fingerprint density at radius 3 is 2.76 bits per heavy atom. The van der Waals surface area contributed by atoms with Crippen molar-refractivity contribution in [2.24, 2.45) is 5.92 Å². The summed E-state index contributed by atoms with van der Waals surface area (Å²) in [6.07, 6.45) is 3.08. The highest BCUT2D eigenvalue weighted by Gasteiger charge is 2.31. The van der Waals surface area contributed by atoms with E-state index in [1.165, 1.54) is 12.3 Å². The van der Waals surface area contributed by atoms with Gasteiger partial charge in [0.1, 0.15) is 0 Å². The van der Waals surface area contributed by atoms with Gasteiger partial charge in [0.25, 0.3) is 5.91 Å². The van der Waals surface area contributed by atoms with E-state index in [4.69, 9.17) is 21.1 Å². The smallest absolute Gasteiger partial charge is 0.306 e. The molecule has 0 spiro atoms. The Hall–Kier alpha value is -1.49. The van der Waals surface area contributed by atoms with Crippen LogP contribution in [0.15, 0.2) is 16.7 Å². The number of halogens is 1. The molecule has 92 valence electrons. The highest BCUT2D eigenvalue weighted by atomic mass is 35.5. The molecule has 0 unspecified atom stereocenters. The number of rotatable bonds is 3. The zero-order valence-electron chi connectivity index (χ0n) is 8.98. The van der Waals surface area contributed by atoms with Crippen LogP contribution in [0.3, 0.4) is 0 Å². The van der Waals surface area contributed by atoms with Crippen molar-refractivity contribution < 1.29 is 19.1 Å². The van der Waals surface area contributed by atoms with E-state index in [1.807, 2.05) is 0 Å². The molecule has 2 rings (SSSR count). The molecule has 5 nitrogen and oxygen atoms in total. The molecule has 1 heterocycles. The molecular weight excluding hydrogens is 246 g/mol. The molecule has 1 aliphatic carbocycles. The Bertz CT molecular complexity index is 442. The lowest BCUT2D eigenvalue weighted by Gasteiger charge is -2.11. The van der Waals surface area contributed by atoms with Crippen molar-refractivity contribution in [3.05, 3.63) is 23.1 Å². The fourth-order valence-corrected chi connectivity index (χ4v) is 2.26. The van der Waals surface area contributed by atoms with Gasteiger partial charge < -0.3 is 14.8 Å². The number of furan rings is 1. The third-order valence-electron chi connectivity index (χ3n) is 2.98. The molecule has 17 heavy (non-hydrogen) atoms. The van der Waals surface area contributed by atoms with Crippen molar-refractivity contribution >= 4 is 23.5 Å². The van der Waals surface area contributed by atoms with Crippen molar-refractivity contribution in [2.45, 2.75) is 25.3 Å². The largest absolute Gasteiger partial charge is 0.481 e. The molecule has 2 N–H and O–H groups in total. The van der Waals surface area contributed by atoms with Gasteiger partial charge in [-0.2, -0.15) is 0 Å². The van der Waals surface area contributed by atoms with Crippen molar-refractivity contribution in [2.75, 3.05) is 0 Å². The number of carbonyl (C=O) groups is 2.